The number of nitrogens with one attached hydrogen (secondary N) is 1. The third-order valence-corrected chi connectivity index (χ3v) is 7.40. The third kappa shape index (κ3) is 4.85. The number of amides is 1. The molecule has 0 radical (unpaired) electrons. The number of hydrogen-bond donors (Lipinski definition) is 1. The molecule has 1 aromatic heterocycles. The lowest BCUT2D eigenvalue weighted by Gasteiger charge is -2.12. The Kier molecular flexibility index (Phi) is 5.83. The third-order valence-electron chi connectivity index (χ3n) is 4.82. The van der Waals surface area contributed by atoms with Crippen molar-refractivity contribution in [2.24, 2.45) is 0 Å². The van der Waals surface area contributed by atoms with Crippen LogP contribution in [0.4, 0.5) is 4.39 Å². The lowest BCUT2D eigenvalue weighted by molar-refractivity contribution is -0.123. The number of halogens is 1. The second-order valence-electron chi connectivity index (χ2n) is 7.03. The maximum absolute atomic E-state index is 12.9. The molecule has 9 heteroatoms. The number of rotatable bonds is 7. The van der Waals surface area contributed by atoms with Crippen molar-refractivity contribution in [1.29, 1.82) is 0 Å². The zero-order chi connectivity index (χ0) is 21.1. The fourth-order valence-corrected chi connectivity index (χ4v) is 5.71. The van der Waals surface area contributed by atoms with Crippen molar-refractivity contribution < 1.29 is 22.3 Å². The molecule has 0 fully saturated rings. The minimum Gasteiger partial charge on any atom is -0.484 e. The average Bonchev–Trinajstić information content (AvgIpc) is 3.35. The Balaban J connectivity index is 1.35. The molecule has 2 aromatic carbocycles. The van der Waals surface area contributed by atoms with Gasteiger partial charge in [-0.3, -0.25) is 4.79 Å². The van der Waals surface area contributed by atoms with E-state index < -0.39 is 9.84 Å². The Morgan fingerprint density at radius 2 is 1.93 bits per heavy atom. The second-order valence-corrected chi connectivity index (χ2v) is 10.00. The van der Waals surface area contributed by atoms with Crippen LogP contribution < -0.4 is 10.1 Å². The molecule has 1 heterocycles. The number of carbonyl (C=O) groups excluding carboxylic acids is 1. The smallest absolute Gasteiger partial charge is 0.258 e. The van der Waals surface area contributed by atoms with E-state index in [9.17, 15) is 17.6 Å². The maximum Gasteiger partial charge on any atom is 0.258 e. The number of benzene rings is 2. The van der Waals surface area contributed by atoms with E-state index in [-0.39, 0.29) is 35.0 Å². The van der Waals surface area contributed by atoms with Gasteiger partial charge in [-0.2, -0.15) is 0 Å². The number of hydrogen-bond acceptors (Lipinski definition) is 6. The van der Waals surface area contributed by atoms with Crippen molar-refractivity contribution >= 4 is 27.1 Å². The van der Waals surface area contributed by atoms with Crippen molar-refractivity contribution in [3.8, 4) is 5.75 Å². The normalized spacial score (nSPS) is 15.6. The van der Waals surface area contributed by atoms with Crippen LogP contribution in [-0.4, -0.2) is 32.0 Å². The van der Waals surface area contributed by atoms with Crippen molar-refractivity contribution in [2.75, 3.05) is 6.61 Å². The first kappa shape index (κ1) is 20.5. The average molecular weight is 447 g/mol. The monoisotopic (exact) mass is 446 g/mol. The summed E-state index contributed by atoms with van der Waals surface area (Å²) in [6.07, 6.45) is 2.77. The number of ether oxygens (including phenoxy) is 1. The molecular weight excluding hydrogens is 427 g/mol. The largest absolute Gasteiger partial charge is 0.484 e. The van der Waals surface area contributed by atoms with Crippen LogP contribution in [0.2, 0.25) is 0 Å². The zero-order valence-electron chi connectivity index (χ0n) is 15.9. The number of thiazole rings is 1. The van der Waals surface area contributed by atoms with Crippen LogP contribution in [0.25, 0.3) is 0 Å². The van der Waals surface area contributed by atoms with Gasteiger partial charge in [0, 0.05) is 17.6 Å². The van der Waals surface area contributed by atoms with E-state index in [4.69, 9.17) is 4.74 Å². The van der Waals surface area contributed by atoms with E-state index in [2.05, 4.69) is 10.3 Å². The van der Waals surface area contributed by atoms with Gasteiger partial charge in [-0.05, 0) is 60.4 Å². The van der Waals surface area contributed by atoms with Gasteiger partial charge in [0.25, 0.3) is 5.91 Å². The van der Waals surface area contributed by atoms with Gasteiger partial charge in [0.15, 0.2) is 16.4 Å². The molecule has 156 valence electrons. The Hall–Kier alpha value is -2.78. The van der Waals surface area contributed by atoms with E-state index in [1.807, 2.05) is 6.07 Å². The Bertz CT molecular complexity index is 1150. The van der Waals surface area contributed by atoms with Gasteiger partial charge in [-0.25, -0.2) is 17.8 Å². The van der Waals surface area contributed by atoms with E-state index in [1.54, 1.807) is 23.7 Å². The Morgan fingerprint density at radius 3 is 2.67 bits per heavy atom. The predicted octanol–water partition coefficient (Wildman–Crippen LogP) is 2.92. The van der Waals surface area contributed by atoms with Crippen molar-refractivity contribution in [2.45, 2.75) is 29.5 Å². The summed E-state index contributed by atoms with van der Waals surface area (Å²) in [7, 11) is -3.47. The van der Waals surface area contributed by atoms with Gasteiger partial charge in [-0.1, -0.05) is 6.07 Å². The summed E-state index contributed by atoms with van der Waals surface area (Å²) in [6.45, 7) is -0.175. The predicted molar refractivity (Wildman–Crippen MR) is 111 cm³/mol. The minimum atomic E-state index is -3.47. The van der Waals surface area contributed by atoms with Crippen LogP contribution in [0, 0.1) is 5.82 Å². The zero-order valence-corrected chi connectivity index (χ0v) is 17.5. The first-order valence-electron chi connectivity index (χ1n) is 9.30. The molecule has 1 aliphatic rings. The molecule has 3 aromatic rings. The summed E-state index contributed by atoms with van der Waals surface area (Å²) in [5, 5.41) is 5.21. The van der Waals surface area contributed by atoms with Gasteiger partial charge in [0.1, 0.15) is 22.3 Å². The molecule has 0 spiro atoms. The molecule has 30 heavy (non-hydrogen) atoms. The van der Waals surface area contributed by atoms with Gasteiger partial charge >= 0.3 is 0 Å². The SMILES string of the molecule is O=C(COc1ccc(F)cc1)NC1Cc2ccc(S(=O)(=O)Cc3nccs3)cc2C1. The number of sulfone groups is 1. The maximum atomic E-state index is 12.9. The Labute approximate surface area is 177 Å². The van der Waals surface area contributed by atoms with E-state index in [1.165, 1.54) is 35.6 Å². The van der Waals surface area contributed by atoms with Crippen LogP contribution >= 0.6 is 11.3 Å². The highest BCUT2D eigenvalue weighted by Gasteiger charge is 2.26. The van der Waals surface area contributed by atoms with Gasteiger partial charge in [-0.15, -0.1) is 11.3 Å². The van der Waals surface area contributed by atoms with Crippen LogP contribution in [0.15, 0.2) is 58.9 Å². The van der Waals surface area contributed by atoms with E-state index in [0.29, 0.717) is 23.6 Å². The molecular formula is C21H19FN2O4S2. The minimum absolute atomic E-state index is 0.121. The molecule has 1 unspecified atom stereocenters. The fraction of sp³-hybridized carbons (Fsp3) is 0.238. The number of aromatic nitrogens is 1. The molecule has 1 atom stereocenters. The Morgan fingerprint density at radius 1 is 1.17 bits per heavy atom. The van der Waals surface area contributed by atoms with Crippen LogP contribution in [-0.2, 0) is 33.2 Å². The summed E-state index contributed by atoms with van der Waals surface area (Å²) < 4.78 is 43.6. The molecule has 4 rings (SSSR count). The standard InChI is InChI=1S/C21H19FN2O4S2/c22-16-2-4-18(5-3-16)28-12-20(25)24-17-9-14-1-6-19(11-15(14)10-17)30(26,27)13-21-23-7-8-29-21/h1-8,11,17H,9-10,12-13H2,(H,24,25). The molecule has 1 aliphatic carbocycles. The topological polar surface area (TPSA) is 85.4 Å². The number of nitrogens with zero attached hydrogens (tertiary/aromatic N) is 1. The highest BCUT2D eigenvalue weighted by molar-refractivity contribution is 7.90. The fourth-order valence-electron chi connectivity index (χ4n) is 3.41. The van der Waals surface area contributed by atoms with Crippen molar-refractivity contribution in [3.63, 3.8) is 0 Å². The lowest BCUT2D eigenvalue weighted by Crippen LogP contribution is -2.38. The number of carbonyl (C=O) groups is 1. The van der Waals surface area contributed by atoms with Crippen molar-refractivity contribution in [1.82, 2.24) is 10.3 Å². The molecule has 0 bridgehead atoms. The van der Waals surface area contributed by atoms with Crippen molar-refractivity contribution in [3.05, 3.63) is 76.0 Å². The summed E-state index contributed by atoms with van der Waals surface area (Å²) >= 11 is 1.31. The summed E-state index contributed by atoms with van der Waals surface area (Å²) in [5.41, 5.74) is 1.94. The van der Waals surface area contributed by atoms with Crippen LogP contribution in [0.3, 0.4) is 0 Å². The molecule has 1 N–H and O–H groups in total. The lowest BCUT2D eigenvalue weighted by atomic mass is 10.1. The van der Waals surface area contributed by atoms with Gasteiger partial charge in [0.2, 0.25) is 0 Å². The quantitative estimate of drug-likeness (QED) is 0.603. The highest BCUT2D eigenvalue weighted by Crippen LogP contribution is 2.27. The molecule has 0 saturated heterocycles. The van der Waals surface area contributed by atoms with Crippen LogP contribution in [0.1, 0.15) is 16.1 Å². The first-order valence-corrected chi connectivity index (χ1v) is 11.8. The first-order chi connectivity index (χ1) is 14.4. The van der Waals surface area contributed by atoms with E-state index >= 15 is 0 Å². The van der Waals surface area contributed by atoms with Crippen LogP contribution in [0.5, 0.6) is 5.75 Å². The summed E-state index contributed by atoms with van der Waals surface area (Å²) in [4.78, 5) is 16.5. The summed E-state index contributed by atoms with van der Waals surface area (Å²) in [6, 6.07) is 10.4. The molecule has 1 amide bonds. The molecule has 0 aliphatic heterocycles. The van der Waals surface area contributed by atoms with Gasteiger partial charge in [0.05, 0.1) is 4.90 Å². The van der Waals surface area contributed by atoms with Gasteiger partial charge < -0.3 is 10.1 Å². The highest BCUT2D eigenvalue weighted by atomic mass is 32.2. The van der Waals surface area contributed by atoms with E-state index in [0.717, 1.165) is 11.1 Å². The number of fused-ring (bicyclic) bond motifs is 1. The summed E-state index contributed by atoms with van der Waals surface area (Å²) in [5.74, 6) is -0.363. The molecule has 0 saturated carbocycles. The molecule has 6 nitrogen and oxygen atoms in total. The second kappa shape index (κ2) is 8.53.